The largest absolute Gasteiger partial charge is 0.493 e. The molecule has 1 aromatic heterocycles. The number of hydrogen-bond donors (Lipinski definition) is 1. The number of carbonyl (C=O) groups is 1. The molecule has 0 aliphatic heterocycles. The average molecular weight is 556 g/mol. The average Bonchev–Trinajstić information content (AvgIpc) is 3.33. The zero-order valence-corrected chi connectivity index (χ0v) is 25.2. The zero-order valence-electron chi connectivity index (χ0n) is 25.2. The third-order valence-corrected chi connectivity index (χ3v) is 7.93. The van der Waals surface area contributed by atoms with E-state index in [1.807, 2.05) is 42.5 Å². The normalized spacial score (nSPS) is 12.8. The predicted octanol–water partition coefficient (Wildman–Crippen LogP) is 6.91. The summed E-state index contributed by atoms with van der Waals surface area (Å²) in [6.07, 6.45) is 4.53. The molecule has 2 atom stereocenters. The molecule has 0 aliphatic carbocycles. The van der Waals surface area contributed by atoms with Crippen LogP contribution in [0.4, 0.5) is 0 Å². The van der Waals surface area contributed by atoms with Gasteiger partial charge < -0.3 is 24.3 Å². The van der Waals surface area contributed by atoms with Crippen LogP contribution in [0.1, 0.15) is 62.6 Å². The lowest BCUT2D eigenvalue weighted by atomic mass is 9.87. The number of hydrogen-bond acceptors (Lipinski definition) is 4. The Balaban J connectivity index is 1.59. The first kappa shape index (κ1) is 30.2. The highest BCUT2D eigenvalue weighted by molar-refractivity contribution is 5.86. The van der Waals surface area contributed by atoms with Gasteiger partial charge in [-0.15, -0.1) is 0 Å². The Bertz CT molecular complexity index is 1390. The fraction of sp³-hybridized carbons (Fsp3) is 0.400. The van der Waals surface area contributed by atoms with Crippen LogP contribution >= 0.6 is 0 Å². The van der Waals surface area contributed by atoms with Crippen molar-refractivity contribution in [2.24, 2.45) is 7.05 Å². The maximum atomic E-state index is 13.5. The molecule has 0 saturated heterocycles. The van der Waals surface area contributed by atoms with E-state index in [4.69, 9.17) is 9.47 Å². The number of nitrogens with one attached hydrogen (secondary N) is 1. The predicted molar refractivity (Wildman–Crippen MR) is 168 cm³/mol. The van der Waals surface area contributed by atoms with E-state index >= 15 is 0 Å². The van der Waals surface area contributed by atoms with E-state index in [1.54, 1.807) is 7.11 Å². The van der Waals surface area contributed by atoms with Gasteiger partial charge in [0.25, 0.3) is 0 Å². The van der Waals surface area contributed by atoms with Gasteiger partial charge in [0, 0.05) is 42.5 Å². The van der Waals surface area contributed by atoms with Gasteiger partial charge in [0.2, 0.25) is 5.91 Å². The van der Waals surface area contributed by atoms with E-state index < -0.39 is 0 Å². The molecule has 0 aliphatic rings. The van der Waals surface area contributed by atoms with Crippen molar-refractivity contribution in [3.8, 4) is 11.5 Å². The van der Waals surface area contributed by atoms with Crippen LogP contribution in [0.15, 0.2) is 79.0 Å². The number of benzene rings is 3. The maximum absolute atomic E-state index is 13.5. The smallest absolute Gasteiger partial charge is 0.221 e. The Kier molecular flexibility index (Phi) is 10.9. The van der Waals surface area contributed by atoms with Crippen molar-refractivity contribution < 1.29 is 14.3 Å². The van der Waals surface area contributed by atoms with Crippen molar-refractivity contribution in [3.63, 3.8) is 0 Å². The first-order valence-electron chi connectivity index (χ1n) is 14.8. The van der Waals surface area contributed by atoms with Crippen molar-refractivity contribution >= 4 is 16.8 Å². The second-order valence-corrected chi connectivity index (χ2v) is 10.8. The van der Waals surface area contributed by atoms with Crippen LogP contribution in [0.25, 0.3) is 10.9 Å². The molecule has 41 heavy (non-hydrogen) atoms. The molecule has 6 heteroatoms. The number of ether oxygens (including phenoxy) is 2. The highest BCUT2D eigenvalue weighted by Crippen LogP contribution is 2.38. The molecule has 1 N–H and O–H groups in total. The SMILES string of the molecule is CCN(CC)CCC[C@@H](C)NC(=O)C[C@@H](c1ccc(OC)c(OCc2ccccc2)c1)c1cn(C)c2ccccc12. The molecule has 4 aromatic rings. The summed E-state index contributed by atoms with van der Waals surface area (Å²) >= 11 is 0. The molecule has 0 unspecified atom stereocenters. The van der Waals surface area contributed by atoms with Gasteiger partial charge in [0.05, 0.1) is 7.11 Å². The number of fused-ring (bicyclic) bond motifs is 1. The molecule has 218 valence electrons. The molecular weight excluding hydrogens is 510 g/mol. The molecule has 6 nitrogen and oxygen atoms in total. The minimum Gasteiger partial charge on any atom is -0.493 e. The van der Waals surface area contributed by atoms with Gasteiger partial charge in [-0.2, -0.15) is 0 Å². The fourth-order valence-corrected chi connectivity index (χ4v) is 5.57. The Hall–Kier alpha value is -3.77. The summed E-state index contributed by atoms with van der Waals surface area (Å²) in [5, 5.41) is 4.43. The molecule has 3 aromatic carbocycles. The van der Waals surface area contributed by atoms with Gasteiger partial charge >= 0.3 is 0 Å². The third-order valence-electron chi connectivity index (χ3n) is 7.93. The zero-order chi connectivity index (χ0) is 29.2. The van der Waals surface area contributed by atoms with Gasteiger partial charge in [-0.1, -0.05) is 68.4 Å². The maximum Gasteiger partial charge on any atom is 0.221 e. The minimum absolute atomic E-state index is 0.0563. The molecule has 1 heterocycles. The van der Waals surface area contributed by atoms with Crippen LogP contribution < -0.4 is 14.8 Å². The van der Waals surface area contributed by atoms with E-state index in [0.29, 0.717) is 24.5 Å². The number of aromatic nitrogens is 1. The summed E-state index contributed by atoms with van der Waals surface area (Å²) in [5.41, 5.74) is 4.38. The summed E-state index contributed by atoms with van der Waals surface area (Å²) in [7, 11) is 3.71. The lowest BCUT2D eigenvalue weighted by Gasteiger charge is -2.22. The van der Waals surface area contributed by atoms with Crippen LogP contribution in [-0.2, 0) is 18.4 Å². The number of rotatable bonds is 15. The first-order chi connectivity index (χ1) is 19.9. The molecule has 0 bridgehead atoms. The van der Waals surface area contributed by atoms with Crippen LogP contribution in [-0.4, -0.2) is 48.2 Å². The Morgan fingerprint density at radius 2 is 1.71 bits per heavy atom. The van der Waals surface area contributed by atoms with Gasteiger partial charge in [-0.3, -0.25) is 4.79 Å². The van der Waals surface area contributed by atoms with Gasteiger partial charge in [-0.25, -0.2) is 0 Å². The van der Waals surface area contributed by atoms with E-state index in [2.05, 4.69) is 79.1 Å². The van der Waals surface area contributed by atoms with Crippen LogP contribution in [0, 0.1) is 0 Å². The summed E-state index contributed by atoms with van der Waals surface area (Å²) in [5.74, 6) is 1.26. The van der Waals surface area contributed by atoms with Crippen molar-refractivity contribution in [1.29, 1.82) is 0 Å². The Labute approximate surface area is 245 Å². The highest BCUT2D eigenvalue weighted by Gasteiger charge is 2.24. The minimum atomic E-state index is -0.144. The van der Waals surface area contributed by atoms with E-state index in [1.165, 1.54) is 0 Å². The second kappa shape index (κ2) is 14.7. The number of nitrogens with zero attached hydrogens (tertiary/aromatic N) is 2. The van der Waals surface area contributed by atoms with Crippen molar-refractivity contribution in [2.45, 2.75) is 58.6 Å². The summed E-state index contributed by atoms with van der Waals surface area (Å²) in [4.78, 5) is 15.9. The van der Waals surface area contributed by atoms with E-state index in [9.17, 15) is 4.79 Å². The van der Waals surface area contributed by atoms with E-state index in [-0.39, 0.29) is 17.9 Å². The van der Waals surface area contributed by atoms with E-state index in [0.717, 1.165) is 60.1 Å². The van der Waals surface area contributed by atoms with Gasteiger partial charge in [0.15, 0.2) is 11.5 Å². The summed E-state index contributed by atoms with van der Waals surface area (Å²) in [6.45, 7) is 10.1. The molecule has 0 radical (unpaired) electrons. The van der Waals surface area contributed by atoms with Crippen LogP contribution in [0.2, 0.25) is 0 Å². The number of carbonyl (C=O) groups excluding carboxylic acids is 1. The number of amides is 1. The molecule has 1 amide bonds. The van der Waals surface area contributed by atoms with Crippen molar-refractivity contribution in [3.05, 3.63) is 95.7 Å². The highest BCUT2D eigenvalue weighted by atomic mass is 16.5. The quantitative estimate of drug-likeness (QED) is 0.173. The van der Waals surface area contributed by atoms with Gasteiger partial charge in [0.1, 0.15) is 6.61 Å². The van der Waals surface area contributed by atoms with Crippen molar-refractivity contribution in [1.82, 2.24) is 14.8 Å². The Morgan fingerprint density at radius 1 is 0.976 bits per heavy atom. The molecule has 0 fully saturated rings. The fourth-order valence-electron chi connectivity index (χ4n) is 5.57. The first-order valence-corrected chi connectivity index (χ1v) is 14.8. The number of methoxy groups -OCH3 is 1. The summed E-state index contributed by atoms with van der Waals surface area (Å²) in [6, 6.07) is 24.6. The number of aryl methyl sites for hydroxylation is 1. The Morgan fingerprint density at radius 3 is 2.44 bits per heavy atom. The van der Waals surface area contributed by atoms with Gasteiger partial charge in [-0.05, 0) is 74.3 Å². The van der Waals surface area contributed by atoms with Crippen molar-refractivity contribution in [2.75, 3.05) is 26.7 Å². The molecule has 0 spiro atoms. The lowest BCUT2D eigenvalue weighted by Crippen LogP contribution is -2.34. The lowest BCUT2D eigenvalue weighted by molar-refractivity contribution is -0.121. The molecular formula is C35H45N3O3. The molecule has 0 saturated carbocycles. The van der Waals surface area contributed by atoms with Crippen LogP contribution in [0.5, 0.6) is 11.5 Å². The second-order valence-electron chi connectivity index (χ2n) is 10.8. The third kappa shape index (κ3) is 7.92. The topological polar surface area (TPSA) is 55.7 Å². The summed E-state index contributed by atoms with van der Waals surface area (Å²) < 4.78 is 14.0. The number of para-hydroxylation sites is 1. The monoisotopic (exact) mass is 555 g/mol. The standard InChI is InChI=1S/C35H45N3O3/c1-6-38(7-2)21-13-14-26(3)36-35(39)23-30(31-24-37(4)32-18-12-11-17-29(31)32)28-19-20-33(40-5)34(22-28)41-25-27-15-9-8-10-16-27/h8-12,15-20,22,24,26,30H,6-7,13-14,21,23,25H2,1-5H3,(H,36,39)/t26-,30+/m1/s1. The van der Waals surface area contributed by atoms with Crippen LogP contribution in [0.3, 0.4) is 0 Å². The molecule has 4 rings (SSSR count).